The van der Waals surface area contributed by atoms with Crippen molar-refractivity contribution in [2.24, 2.45) is 0 Å². The van der Waals surface area contributed by atoms with E-state index in [0.717, 1.165) is 0 Å². The second kappa shape index (κ2) is 4.24. The van der Waals surface area contributed by atoms with Crippen LogP contribution in [0, 0.1) is 5.21 Å². The van der Waals surface area contributed by atoms with Crippen molar-refractivity contribution in [1.29, 1.82) is 0 Å². The van der Waals surface area contributed by atoms with Gasteiger partial charge in [0.25, 0.3) is 0 Å². The summed E-state index contributed by atoms with van der Waals surface area (Å²) in [5.41, 5.74) is 0.331. The zero-order chi connectivity index (χ0) is 6.69. The number of benzene rings is 1. The first-order chi connectivity index (χ1) is 4.30. The van der Waals surface area contributed by atoms with Crippen LogP contribution in [0.4, 0.5) is 5.69 Å². The van der Waals surface area contributed by atoms with E-state index >= 15 is 0 Å². The first-order valence-electron chi connectivity index (χ1n) is 2.59. The molecule has 1 unspecified atom stereocenters. The Hall–Kier alpha value is -0.610. The van der Waals surface area contributed by atoms with Crippen molar-refractivity contribution >= 4 is 18.1 Å². The standard InChI is InChI=1S/C6H7NO2.ClH/c8-7(9)6-4-2-1-3-5-6;/h1-5,7-8H;1H. The van der Waals surface area contributed by atoms with Crippen LogP contribution in [0.1, 0.15) is 0 Å². The fourth-order valence-electron chi connectivity index (χ4n) is 0.581. The Kier molecular flexibility index (Phi) is 3.99. The molecule has 1 aromatic carbocycles. The monoisotopic (exact) mass is 161 g/mol. The average molecular weight is 162 g/mol. The Balaban J connectivity index is 0.000000810. The van der Waals surface area contributed by atoms with Crippen molar-refractivity contribution in [3.05, 3.63) is 35.5 Å². The number of hydrogen-bond donors (Lipinski definition) is 2. The molecule has 0 saturated carbocycles. The van der Waals surface area contributed by atoms with Gasteiger partial charge in [-0.25, -0.2) is 5.21 Å². The molecule has 1 atom stereocenters. The highest BCUT2D eigenvalue weighted by Crippen LogP contribution is 1.96. The van der Waals surface area contributed by atoms with Crippen LogP contribution < -0.4 is 5.23 Å². The molecule has 0 amide bonds. The van der Waals surface area contributed by atoms with E-state index in [4.69, 9.17) is 5.21 Å². The zero-order valence-corrected chi connectivity index (χ0v) is 5.97. The molecule has 0 aliphatic heterocycles. The zero-order valence-electron chi connectivity index (χ0n) is 5.15. The van der Waals surface area contributed by atoms with Crippen molar-refractivity contribution in [1.82, 2.24) is 0 Å². The molecule has 4 heteroatoms. The number of nitrogens with one attached hydrogen (secondary N) is 1. The molecule has 0 radical (unpaired) electrons. The maximum atomic E-state index is 10.2. The van der Waals surface area contributed by atoms with E-state index in [9.17, 15) is 5.21 Å². The number of quaternary nitrogens is 1. The van der Waals surface area contributed by atoms with E-state index in [1.807, 2.05) is 0 Å². The van der Waals surface area contributed by atoms with Gasteiger partial charge in [0, 0.05) is 12.1 Å². The van der Waals surface area contributed by atoms with Crippen LogP contribution in [0.3, 0.4) is 0 Å². The molecule has 2 N–H and O–H groups in total. The highest BCUT2D eigenvalue weighted by atomic mass is 35.5. The number of halogens is 1. The van der Waals surface area contributed by atoms with E-state index < -0.39 is 5.23 Å². The minimum absolute atomic E-state index is 0. The highest BCUT2D eigenvalue weighted by Gasteiger charge is 1.92. The quantitative estimate of drug-likeness (QED) is 0.590. The predicted molar refractivity (Wildman–Crippen MR) is 39.5 cm³/mol. The molecule has 1 rings (SSSR count). The van der Waals surface area contributed by atoms with Crippen LogP contribution in [0.25, 0.3) is 0 Å². The van der Waals surface area contributed by atoms with Crippen molar-refractivity contribution < 1.29 is 10.4 Å². The van der Waals surface area contributed by atoms with Gasteiger partial charge in [-0.05, 0) is 0 Å². The van der Waals surface area contributed by atoms with Crippen LogP contribution in [0.5, 0.6) is 0 Å². The van der Waals surface area contributed by atoms with Gasteiger partial charge in [0.15, 0.2) is 5.69 Å². The van der Waals surface area contributed by atoms with E-state index in [1.54, 1.807) is 30.3 Å². The van der Waals surface area contributed by atoms with Crippen LogP contribution in [-0.4, -0.2) is 5.21 Å². The maximum Gasteiger partial charge on any atom is 0.163 e. The highest BCUT2D eigenvalue weighted by molar-refractivity contribution is 5.85. The minimum Gasteiger partial charge on any atom is -0.595 e. The van der Waals surface area contributed by atoms with Gasteiger partial charge in [-0.15, -0.1) is 12.4 Å². The number of para-hydroxylation sites is 1. The first-order valence-corrected chi connectivity index (χ1v) is 2.59. The lowest BCUT2D eigenvalue weighted by Gasteiger charge is -2.09. The molecule has 0 fully saturated rings. The molecule has 0 bridgehead atoms. The van der Waals surface area contributed by atoms with Crippen molar-refractivity contribution in [3.63, 3.8) is 0 Å². The second-order valence-corrected chi connectivity index (χ2v) is 1.67. The summed E-state index contributed by atoms with van der Waals surface area (Å²) in [6.45, 7) is 0. The Morgan fingerprint density at radius 3 is 2.00 bits per heavy atom. The van der Waals surface area contributed by atoms with Gasteiger partial charge < -0.3 is 5.21 Å². The summed E-state index contributed by atoms with van der Waals surface area (Å²) in [6, 6.07) is 8.30. The smallest absolute Gasteiger partial charge is 0.163 e. The molecule has 0 heterocycles. The molecule has 0 saturated heterocycles. The normalized spacial score (nSPS) is 11.8. The predicted octanol–water partition coefficient (Wildman–Crippen LogP) is 0.512. The Bertz CT molecular complexity index is 178. The van der Waals surface area contributed by atoms with Gasteiger partial charge in [-0.1, -0.05) is 18.2 Å². The molecule has 3 nitrogen and oxygen atoms in total. The summed E-state index contributed by atoms with van der Waals surface area (Å²) in [5, 5.41) is 17.7. The third-order valence-electron chi connectivity index (χ3n) is 1.02. The molecule has 1 aromatic rings. The van der Waals surface area contributed by atoms with Crippen LogP contribution >= 0.6 is 12.4 Å². The molecule has 0 aliphatic rings. The van der Waals surface area contributed by atoms with Crippen molar-refractivity contribution in [2.45, 2.75) is 0 Å². The SMILES string of the molecule is Cl.[O-][NH+](O)c1ccccc1. The fourth-order valence-corrected chi connectivity index (χ4v) is 0.581. The molecule has 0 aromatic heterocycles. The van der Waals surface area contributed by atoms with Gasteiger partial charge in [0.1, 0.15) is 0 Å². The lowest BCUT2D eigenvalue weighted by molar-refractivity contribution is -0.991. The summed E-state index contributed by atoms with van der Waals surface area (Å²) in [5.74, 6) is 0. The summed E-state index contributed by atoms with van der Waals surface area (Å²) < 4.78 is 0. The average Bonchev–Trinajstić information content (AvgIpc) is 1.90. The fraction of sp³-hybridized carbons (Fsp3) is 0. The summed E-state index contributed by atoms with van der Waals surface area (Å²) in [6.07, 6.45) is 0. The van der Waals surface area contributed by atoms with E-state index in [0.29, 0.717) is 5.69 Å². The van der Waals surface area contributed by atoms with Gasteiger partial charge in [0.05, 0.1) is 0 Å². The van der Waals surface area contributed by atoms with Gasteiger partial charge in [-0.2, -0.15) is 5.23 Å². The van der Waals surface area contributed by atoms with Crippen molar-refractivity contribution in [3.8, 4) is 0 Å². The van der Waals surface area contributed by atoms with Crippen LogP contribution in [0.2, 0.25) is 0 Å². The molecular formula is C6H8ClNO2. The molecule has 0 aliphatic carbocycles. The molecule has 0 spiro atoms. The summed E-state index contributed by atoms with van der Waals surface area (Å²) in [4.78, 5) is 0. The molecule has 10 heavy (non-hydrogen) atoms. The third-order valence-corrected chi connectivity index (χ3v) is 1.02. The number of rotatable bonds is 1. The minimum atomic E-state index is -0.879. The third kappa shape index (κ3) is 2.33. The Morgan fingerprint density at radius 2 is 1.70 bits per heavy atom. The Morgan fingerprint density at radius 1 is 1.20 bits per heavy atom. The summed E-state index contributed by atoms with van der Waals surface area (Å²) >= 11 is 0. The topological polar surface area (TPSA) is 47.7 Å². The van der Waals surface area contributed by atoms with Gasteiger partial charge >= 0.3 is 0 Å². The van der Waals surface area contributed by atoms with Crippen LogP contribution in [-0.2, 0) is 0 Å². The Labute approximate surface area is 64.8 Å². The van der Waals surface area contributed by atoms with Gasteiger partial charge in [-0.3, -0.25) is 0 Å². The lowest BCUT2D eigenvalue weighted by atomic mass is 10.3. The van der Waals surface area contributed by atoms with E-state index in [-0.39, 0.29) is 12.4 Å². The van der Waals surface area contributed by atoms with Gasteiger partial charge in [0.2, 0.25) is 0 Å². The first kappa shape index (κ1) is 9.39. The molecule has 56 valence electrons. The second-order valence-electron chi connectivity index (χ2n) is 1.67. The van der Waals surface area contributed by atoms with Crippen molar-refractivity contribution in [2.75, 3.05) is 0 Å². The summed E-state index contributed by atoms with van der Waals surface area (Å²) in [7, 11) is 0. The number of hydrogen-bond acceptors (Lipinski definition) is 2. The largest absolute Gasteiger partial charge is 0.595 e. The van der Waals surface area contributed by atoms with E-state index in [1.165, 1.54) is 0 Å². The van der Waals surface area contributed by atoms with E-state index in [2.05, 4.69) is 0 Å². The van der Waals surface area contributed by atoms with Crippen LogP contribution in [0.15, 0.2) is 30.3 Å². The lowest BCUT2D eigenvalue weighted by Crippen LogP contribution is -2.99. The maximum absolute atomic E-state index is 10.2. The molecular weight excluding hydrogens is 154 g/mol.